The molecule has 2 N–H and O–H groups in total. The van der Waals surface area contributed by atoms with Gasteiger partial charge in [-0.3, -0.25) is 9.80 Å². The van der Waals surface area contributed by atoms with Gasteiger partial charge in [0.1, 0.15) is 0 Å². The second-order valence-electron chi connectivity index (χ2n) is 2.88. The van der Waals surface area contributed by atoms with Crippen LogP contribution in [0.25, 0.3) is 0 Å². The largest absolute Gasteiger partial charge is 0.395 e. The van der Waals surface area contributed by atoms with Crippen LogP contribution in [-0.4, -0.2) is 42.6 Å². The summed E-state index contributed by atoms with van der Waals surface area (Å²) in [4.78, 5) is 15.0. The maximum Gasteiger partial charge on any atom is 0.390 e. The fourth-order valence-electron chi connectivity index (χ4n) is 1.27. The molecule has 4 heteroatoms. The summed E-state index contributed by atoms with van der Waals surface area (Å²) >= 11 is 0. The maximum atomic E-state index is 11.1. The Morgan fingerprint density at radius 2 is 2.27 bits per heavy atom. The van der Waals surface area contributed by atoms with Crippen molar-refractivity contribution in [1.82, 2.24) is 9.80 Å². The van der Waals surface area contributed by atoms with E-state index in [1.807, 2.05) is 7.05 Å². The first kappa shape index (κ1) is 8.49. The zero-order valence-corrected chi connectivity index (χ0v) is 6.92. The van der Waals surface area contributed by atoms with Gasteiger partial charge in [-0.1, -0.05) is 0 Å². The maximum absolute atomic E-state index is 11.1. The smallest absolute Gasteiger partial charge is 0.390 e. The minimum Gasteiger partial charge on any atom is -0.395 e. The Labute approximate surface area is 67.2 Å². The van der Waals surface area contributed by atoms with Crippen LogP contribution < -0.4 is 5.32 Å². The summed E-state index contributed by atoms with van der Waals surface area (Å²) in [5.74, 6) is 0. The number of urea groups is 1. The highest BCUT2D eigenvalue weighted by Crippen LogP contribution is 2.01. The molecule has 0 aromatic carbocycles. The third-order valence-corrected chi connectivity index (χ3v) is 1.87. The molecule has 0 bridgehead atoms. The van der Waals surface area contributed by atoms with Gasteiger partial charge in [-0.15, -0.1) is 7.05 Å². The predicted molar refractivity (Wildman–Crippen MR) is 41.5 cm³/mol. The Balaban J connectivity index is 2.39. The fourth-order valence-corrected chi connectivity index (χ4v) is 1.27. The molecule has 0 saturated carbocycles. The third-order valence-electron chi connectivity index (χ3n) is 1.87. The molecule has 1 saturated heterocycles. The number of hydrogen-bond donors (Lipinski definition) is 1. The molecule has 0 spiro atoms. The van der Waals surface area contributed by atoms with Crippen molar-refractivity contribution in [2.45, 2.75) is 6.42 Å². The minimum absolute atomic E-state index is 0.0385. The molecule has 0 unspecified atom stereocenters. The molecule has 2 amide bonds. The van der Waals surface area contributed by atoms with Crippen LogP contribution in [-0.2, 0) is 0 Å². The number of carbonyl (C=O) groups is 1. The molecule has 0 atom stereocenters. The van der Waals surface area contributed by atoms with Crippen LogP contribution in [0.2, 0.25) is 0 Å². The molecule has 0 radical (unpaired) electrons. The van der Waals surface area contributed by atoms with E-state index in [2.05, 4.69) is 11.9 Å². The highest BCUT2D eigenvalue weighted by atomic mass is 16.2. The van der Waals surface area contributed by atoms with Crippen molar-refractivity contribution in [3.05, 3.63) is 7.05 Å². The lowest BCUT2D eigenvalue weighted by Gasteiger charge is -2.31. The van der Waals surface area contributed by atoms with Crippen molar-refractivity contribution in [3.8, 4) is 0 Å². The van der Waals surface area contributed by atoms with Crippen molar-refractivity contribution in [3.63, 3.8) is 0 Å². The third kappa shape index (κ3) is 2.17. The van der Waals surface area contributed by atoms with Gasteiger partial charge >= 0.3 is 6.03 Å². The van der Waals surface area contributed by atoms with E-state index in [4.69, 9.17) is 0 Å². The average molecular weight is 157 g/mol. The van der Waals surface area contributed by atoms with Crippen molar-refractivity contribution in [2.75, 3.05) is 26.8 Å². The topological polar surface area (TPSA) is 40.2 Å². The molecule has 0 aliphatic carbocycles. The van der Waals surface area contributed by atoms with Gasteiger partial charge in [-0.2, -0.15) is 0 Å². The van der Waals surface area contributed by atoms with Crippen LogP contribution in [0.4, 0.5) is 4.79 Å². The lowest BCUT2D eigenvalue weighted by atomic mass is 10.3. The summed E-state index contributed by atoms with van der Waals surface area (Å²) in [6.45, 7) is 2.70. The van der Waals surface area contributed by atoms with Crippen molar-refractivity contribution < 1.29 is 10.1 Å². The summed E-state index contributed by atoms with van der Waals surface area (Å²) in [5, 5.41) is 1.37. The zero-order valence-electron chi connectivity index (χ0n) is 6.92. The molecule has 1 aliphatic heterocycles. The van der Waals surface area contributed by atoms with Crippen LogP contribution >= 0.6 is 0 Å². The molecular formula is C7H15N3O. The molecule has 1 fully saturated rings. The van der Waals surface area contributed by atoms with Crippen molar-refractivity contribution in [2.24, 2.45) is 0 Å². The Hall–Kier alpha value is -0.610. The summed E-state index contributed by atoms with van der Waals surface area (Å²) in [7, 11) is 5.47. The monoisotopic (exact) mass is 157 g/mol. The number of amides is 2. The molecule has 64 valence electrons. The average Bonchev–Trinajstić information content (AvgIpc) is 2.03. The molecule has 11 heavy (non-hydrogen) atoms. The van der Waals surface area contributed by atoms with Crippen LogP contribution in [0.3, 0.4) is 0 Å². The van der Waals surface area contributed by atoms with E-state index in [1.54, 1.807) is 4.90 Å². The van der Waals surface area contributed by atoms with Gasteiger partial charge in [-0.05, 0) is 13.5 Å². The van der Waals surface area contributed by atoms with Gasteiger partial charge in [0.15, 0.2) is 0 Å². The molecule has 4 nitrogen and oxygen atoms in total. The molecule has 1 heterocycles. The SMILES string of the molecule is [CH2-][NH2+]C(=O)N1CCCN(C)C1. The Bertz CT molecular complexity index is 149. The number of carbonyl (C=O) groups excluding carboxylic acids is 1. The van der Waals surface area contributed by atoms with Crippen molar-refractivity contribution >= 4 is 6.03 Å². The van der Waals surface area contributed by atoms with Gasteiger partial charge in [0, 0.05) is 13.1 Å². The van der Waals surface area contributed by atoms with E-state index in [0.29, 0.717) is 0 Å². The molecule has 0 aromatic heterocycles. The lowest BCUT2D eigenvalue weighted by Crippen LogP contribution is -2.85. The predicted octanol–water partition coefficient (Wildman–Crippen LogP) is -0.944. The number of hydrogen-bond acceptors (Lipinski definition) is 2. The van der Waals surface area contributed by atoms with Crippen LogP contribution in [0, 0.1) is 7.05 Å². The number of nitrogens with two attached hydrogens (primary N) is 1. The van der Waals surface area contributed by atoms with Gasteiger partial charge in [0.2, 0.25) is 0 Å². The van der Waals surface area contributed by atoms with E-state index in [9.17, 15) is 4.79 Å². The molecule has 1 aliphatic rings. The fraction of sp³-hybridized carbons (Fsp3) is 0.714. The van der Waals surface area contributed by atoms with Crippen LogP contribution in [0.1, 0.15) is 6.42 Å². The minimum atomic E-state index is 0.0385. The standard InChI is InChI=1S/C7H15N3O/c1-8-7(11)10-5-3-4-9(2)6-10/h1,3-6,8H2,2H3. The van der Waals surface area contributed by atoms with Crippen molar-refractivity contribution in [1.29, 1.82) is 0 Å². The first-order chi connectivity index (χ1) is 5.24. The lowest BCUT2D eigenvalue weighted by molar-refractivity contribution is -0.498. The van der Waals surface area contributed by atoms with Gasteiger partial charge in [0.25, 0.3) is 0 Å². The second kappa shape index (κ2) is 3.69. The molecule has 1 rings (SSSR count). The van der Waals surface area contributed by atoms with E-state index in [0.717, 1.165) is 26.2 Å². The van der Waals surface area contributed by atoms with Gasteiger partial charge < -0.3 is 5.32 Å². The van der Waals surface area contributed by atoms with Crippen LogP contribution in [0.5, 0.6) is 0 Å². The zero-order chi connectivity index (χ0) is 8.27. The summed E-state index contributed by atoms with van der Waals surface area (Å²) < 4.78 is 0. The molecule has 0 aromatic rings. The Kier molecular flexibility index (Phi) is 2.84. The highest BCUT2D eigenvalue weighted by Gasteiger charge is 2.19. The number of primary amides is 1. The van der Waals surface area contributed by atoms with E-state index in [-0.39, 0.29) is 6.03 Å². The summed E-state index contributed by atoms with van der Waals surface area (Å²) in [6.07, 6.45) is 1.07. The van der Waals surface area contributed by atoms with E-state index < -0.39 is 0 Å². The Morgan fingerprint density at radius 1 is 1.55 bits per heavy atom. The second-order valence-corrected chi connectivity index (χ2v) is 2.88. The normalized spacial score (nSPS) is 20.4. The number of quaternary nitrogens is 1. The van der Waals surface area contributed by atoms with Gasteiger partial charge in [0.05, 0.1) is 6.67 Å². The first-order valence-electron chi connectivity index (χ1n) is 3.84. The Morgan fingerprint density at radius 3 is 2.82 bits per heavy atom. The summed E-state index contributed by atoms with van der Waals surface area (Å²) in [6, 6.07) is 0.0385. The van der Waals surface area contributed by atoms with E-state index >= 15 is 0 Å². The first-order valence-corrected chi connectivity index (χ1v) is 3.84. The quantitative estimate of drug-likeness (QED) is 0.461. The molecular weight excluding hydrogens is 142 g/mol. The van der Waals surface area contributed by atoms with E-state index in [1.165, 1.54) is 5.32 Å². The summed E-state index contributed by atoms with van der Waals surface area (Å²) in [5.41, 5.74) is 0. The highest BCUT2D eigenvalue weighted by molar-refractivity contribution is 5.63. The number of rotatable bonds is 0. The van der Waals surface area contributed by atoms with Crippen LogP contribution in [0.15, 0.2) is 0 Å². The number of nitrogens with zero attached hydrogens (tertiary/aromatic N) is 2. The van der Waals surface area contributed by atoms with Gasteiger partial charge in [-0.25, -0.2) is 4.79 Å².